The summed E-state index contributed by atoms with van der Waals surface area (Å²) < 4.78 is 6.68. The number of phenolic OH excluding ortho intramolecular Hbond substituents is 1. The second-order valence-corrected chi connectivity index (χ2v) is 9.99. The van der Waals surface area contributed by atoms with Crippen molar-refractivity contribution in [1.82, 2.24) is 5.32 Å². The van der Waals surface area contributed by atoms with Gasteiger partial charge in [0.15, 0.2) is 0 Å². The van der Waals surface area contributed by atoms with Crippen molar-refractivity contribution >= 4 is 62.9 Å². The van der Waals surface area contributed by atoms with Crippen molar-refractivity contribution in [3.63, 3.8) is 0 Å². The Morgan fingerprint density at radius 1 is 1.10 bits per heavy atom. The Kier molecular flexibility index (Phi) is 8.15. The van der Waals surface area contributed by atoms with E-state index in [-0.39, 0.29) is 18.1 Å². The number of amides is 2. The molecule has 0 unspecified atom stereocenters. The van der Waals surface area contributed by atoms with Crippen LogP contribution in [0.2, 0.25) is 0 Å². The van der Waals surface area contributed by atoms with Gasteiger partial charge in [0, 0.05) is 12.1 Å². The fraction of sp³-hybridized carbons (Fsp3) is 0.333. The molecule has 2 rings (SSSR count). The van der Waals surface area contributed by atoms with E-state index in [9.17, 15) is 14.7 Å². The first-order valence-corrected chi connectivity index (χ1v) is 11.1. The number of benzene rings is 2. The highest BCUT2D eigenvalue weighted by Gasteiger charge is 2.25. The minimum atomic E-state index is -0.845. The third kappa shape index (κ3) is 7.65. The lowest BCUT2D eigenvalue weighted by atomic mass is 10.0. The van der Waals surface area contributed by atoms with Crippen molar-refractivity contribution in [2.75, 3.05) is 5.32 Å². The van der Waals surface area contributed by atoms with Crippen LogP contribution in [0.15, 0.2) is 36.4 Å². The molecule has 0 saturated heterocycles. The van der Waals surface area contributed by atoms with Crippen LogP contribution >= 0.6 is 45.2 Å². The molecule has 0 aliphatic rings. The maximum Gasteiger partial charge on any atom is 0.408 e. The molecule has 0 aromatic heterocycles. The van der Waals surface area contributed by atoms with Crippen LogP contribution in [-0.2, 0) is 16.0 Å². The Labute approximate surface area is 198 Å². The van der Waals surface area contributed by atoms with Gasteiger partial charge in [-0.05, 0) is 103 Å². The van der Waals surface area contributed by atoms with Crippen molar-refractivity contribution < 1.29 is 19.4 Å². The molecule has 0 radical (unpaired) electrons. The van der Waals surface area contributed by atoms with E-state index in [1.54, 1.807) is 32.9 Å². The van der Waals surface area contributed by atoms with E-state index in [0.717, 1.165) is 11.1 Å². The molecule has 29 heavy (non-hydrogen) atoms. The maximum absolute atomic E-state index is 12.9. The first-order valence-electron chi connectivity index (χ1n) is 8.98. The second-order valence-electron chi connectivity index (χ2n) is 7.67. The van der Waals surface area contributed by atoms with Gasteiger partial charge in [-0.3, -0.25) is 4.79 Å². The van der Waals surface area contributed by atoms with Gasteiger partial charge >= 0.3 is 6.09 Å². The quantitative estimate of drug-likeness (QED) is 0.411. The van der Waals surface area contributed by atoms with Crippen molar-refractivity contribution in [2.45, 2.75) is 45.8 Å². The molecular formula is C21H24I2N2O4. The Morgan fingerprint density at radius 3 is 2.17 bits per heavy atom. The summed E-state index contributed by atoms with van der Waals surface area (Å²) in [4.78, 5) is 25.2. The molecule has 2 aromatic rings. The minimum absolute atomic E-state index is 0.204. The van der Waals surface area contributed by atoms with Gasteiger partial charge in [0.2, 0.25) is 5.91 Å². The van der Waals surface area contributed by atoms with Crippen molar-refractivity contribution in [3.05, 3.63) is 54.7 Å². The Morgan fingerprint density at radius 2 is 1.66 bits per heavy atom. The van der Waals surface area contributed by atoms with Gasteiger partial charge in [-0.2, -0.15) is 0 Å². The van der Waals surface area contributed by atoms with Crippen LogP contribution in [0.1, 0.15) is 31.9 Å². The van der Waals surface area contributed by atoms with Crippen LogP contribution in [0.5, 0.6) is 5.75 Å². The molecule has 2 amide bonds. The summed E-state index contributed by atoms with van der Waals surface area (Å²) in [6.07, 6.45) is -0.409. The van der Waals surface area contributed by atoms with Crippen LogP contribution in [0, 0.1) is 14.1 Å². The van der Waals surface area contributed by atoms with E-state index < -0.39 is 17.7 Å². The van der Waals surface area contributed by atoms with E-state index in [1.165, 1.54) is 0 Å². The number of carbonyl (C=O) groups excluding carboxylic acids is 2. The van der Waals surface area contributed by atoms with Gasteiger partial charge in [0.05, 0.1) is 7.14 Å². The Balaban J connectivity index is 2.23. The molecule has 0 aliphatic carbocycles. The number of phenols is 1. The monoisotopic (exact) mass is 622 g/mol. The highest BCUT2D eigenvalue weighted by molar-refractivity contribution is 14.1. The van der Waals surface area contributed by atoms with Gasteiger partial charge in [-0.25, -0.2) is 4.79 Å². The summed E-state index contributed by atoms with van der Waals surface area (Å²) >= 11 is 4.07. The van der Waals surface area contributed by atoms with Crippen LogP contribution < -0.4 is 10.6 Å². The number of carbonyl (C=O) groups is 2. The van der Waals surface area contributed by atoms with E-state index in [4.69, 9.17) is 4.74 Å². The molecule has 6 nitrogen and oxygen atoms in total. The number of alkyl carbamates (subject to hydrolysis) is 1. The standard InChI is InChI=1S/C21H24I2N2O4/c1-12-5-7-14(8-6-12)24-19(27)17(25-20(28)29-21(2,3)4)11-13-9-15(22)18(26)16(23)10-13/h5-10,17,26H,11H2,1-4H3,(H,24,27)(H,25,28)/t17-/m0/s1. The molecule has 0 fully saturated rings. The number of nitrogens with one attached hydrogen (secondary N) is 2. The number of hydrogen-bond donors (Lipinski definition) is 3. The zero-order valence-electron chi connectivity index (χ0n) is 16.7. The summed E-state index contributed by atoms with van der Waals surface area (Å²) in [5, 5.41) is 15.5. The molecule has 0 heterocycles. The minimum Gasteiger partial charge on any atom is -0.506 e. The summed E-state index contributed by atoms with van der Waals surface area (Å²) in [5.74, 6) is -0.145. The highest BCUT2D eigenvalue weighted by atomic mass is 127. The number of aromatic hydroxyl groups is 1. The van der Waals surface area contributed by atoms with Gasteiger partial charge in [-0.1, -0.05) is 17.7 Å². The van der Waals surface area contributed by atoms with E-state index in [2.05, 4.69) is 10.6 Å². The van der Waals surface area contributed by atoms with E-state index >= 15 is 0 Å². The number of halogens is 2. The lowest BCUT2D eigenvalue weighted by molar-refractivity contribution is -0.118. The van der Waals surface area contributed by atoms with Crippen LogP contribution in [-0.4, -0.2) is 28.7 Å². The predicted molar refractivity (Wildman–Crippen MR) is 130 cm³/mol. The molecule has 8 heteroatoms. The molecule has 0 bridgehead atoms. The molecule has 0 saturated carbocycles. The first-order chi connectivity index (χ1) is 13.4. The number of rotatable bonds is 5. The largest absolute Gasteiger partial charge is 0.506 e. The molecule has 3 N–H and O–H groups in total. The Bertz CT molecular complexity index is 870. The molecule has 1 atom stereocenters. The molecule has 0 aliphatic heterocycles. The predicted octanol–water partition coefficient (Wildman–Crippen LogP) is 4.98. The third-order valence-corrected chi connectivity index (χ3v) is 5.49. The van der Waals surface area contributed by atoms with E-state index in [1.807, 2.05) is 76.4 Å². The van der Waals surface area contributed by atoms with Gasteiger partial charge in [0.25, 0.3) is 0 Å². The smallest absolute Gasteiger partial charge is 0.408 e. The molecule has 0 spiro atoms. The van der Waals surface area contributed by atoms with Crippen molar-refractivity contribution in [2.24, 2.45) is 0 Å². The molecule has 156 valence electrons. The van der Waals surface area contributed by atoms with E-state index in [0.29, 0.717) is 12.8 Å². The Hall–Kier alpha value is -1.56. The fourth-order valence-corrected chi connectivity index (χ4v) is 4.39. The number of aryl methyl sites for hydroxylation is 1. The summed E-state index contributed by atoms with van der Waals surface area (Å²) in [7, 11) is 0. The van der Waals surface area contributed by atoms with Gasteiger partial charge in [-0.15, -0.1) is 0 Å². The fourth-order valence-electron chi connectivity index (χ4n) is 2.50. The second kappa shape index (κ2) is 9.96. The van der Waals surface area contributed by atoms with Crippen molar-refractivity contribution in [1.29, 1.82) is 0 Å². The maximum atomic E-state index is 12.9. The van der Waals surface area contributed by atoms with Crippen LogP contribution in [0.4, 0.5) is 10.5 Å². The van der Waals surface area contributed by atoms with Gasteiger partial charge in [0.1, 0.15) is 17.4 Å². The summed E-state index contributed by atoms with van der Waals surface area (Å²) in [6.45, 7) is 7.25. The zero-order valence-corrected chi connectivity index (χ0v) is 21.0. The summed E-state index contributed by atoms with van der Waals surface area (Å²) in [6, 6.07) is 10.2. The lowest BCUT2D eigenvalue weighted by Crippen LogP contribution is -2.47. The number of anilines is 1. The molecule has 2 aromatic carbocycles. The average molecular weight is 622 g/mol. The molecular weight excluding hydrogens is 598 g/mol. The number of ether oxygens (including phenoxy) is 1. The van der Waals surface area contributed by atoms with Crippen LogP contribution in [0.3, 0.4) is 0 Å². The summed E-state index contributed by atoms with van der Waals surface area (Å²) in [5.41, 5.74) is 1.87. The average Bonchev–Trinajstić information content (AvgIpc) is 2.59. The highest BCUT2D eigenvalue weighted by Crippen LogP contribution is 2.28. The zero-order chi connectivity index (χ0) is 21.8. The third-order valence-electron chi connectivity index (χ3n) is 3.84. The van der Waals surface area contributed by atoms with Gasteiger partial charge < -0.3 is 20.5 Å². The first kappa shape index (κ1) is 23.7. The number of hydrogen-bond acceptors (Lipinski definition) is 4. The normalized spacial score (nSPS) is 12.2. The lowest BCUT2D eigenvalue weighted by Gasteiger charge is -2.23. The SMILES string of the molecule is Cc1ccc(NC(=O)[C@H](Cc2cc(I)c(O)c(I)c2)NC(=O)OC(C)(C)C)cc1. The van der Waals surface area contributed by atoms with Crippen LogP contribution in [0.25, 0.3) is 0 Å². The van der Waals surface area contributed by atoms with Crippen molar-refractivity contribution in [3.8, 4) is 5.75 Å². The topological polar surface area (TPSA) is 87.7 Å².